The van der Waals surface area contributed by atoms with Crippen molar-refractivity contribution >= 4 is 27.5 Å². The van der Waals surface area contributed by atoms with Gasteiger partial charge in [-0.15, -0.1) is 0 Å². The van der Waals surface area contributed by atoms with Gasteiger partial charge in [-0.2, -0.15) is 0 Å². The van der Waals surface area contributed by atoms with Crippen LogP contribution in [-0.2, 0) is 4.74 Å². The molecule has 1 unspecified atom stereocenters. The van der Waals surface area contributed by atoms with Crippen molar-refractivity contribution in [3.05, 3.63) is 22.7 Å². The first-order chi connectivity index (χ1) is 9.55. The fourth-order valence-electron chi connectivity index (χ4n) is 2.61. The Morgan fingerprint density at radius 1 is 1.20 bits per heavy atom. The summed E-state index contributed by atoms with van der Waals surface area (Å²) in [7, 11) is 5.02. The predicted molar refractivity (Wildman–Crippen MR) is 84.4 cm³/mol. The van der Waals surface area contributed by atoms with E-state index in [2.05, 4.69) is 15.9 Å². The highest BCUT2D eigenvalue weighted by atomic mass is 79.9. The highest BCUT2D eigenvalue weighted by Crippen LogP contribution is 2.47. The molecule has 112 valence electrons. The lowest BCUT2D eigenvalue weighted by molar-refractivity contribution is -0.0773. The zero-order valence-electron chi connectivity index (χ0n) is 12.0. The largest absolute Gasteiger partial charge is 0.493 e. The number of hydrogen-bond donors (Lipinski definition) is 0. The fraction of sp³-hybridized carbons (Fsp3) is 0.600. The molecule has 0 amide bonds. The van der Waals surface area contributed by atoms with Gasteiger partial charge >= 0.3 is 0 Å². The predicted octanol–water partition coefficient (Wildman–Crippen LogP) is 4.75. The quantitative estimate of drug-likeness (QED) is 0.682. The van der Waals surface area contributed by atoms with Crippen LogP contribution in [0.1, 0.15) is 36.1 Å². The molecule has 0 heterocycles. The van der Waals surface area contributed by atoms with Gasteiger partial charge in [0.25, 0.3) is 0 Å². The third kappa shape index (κ3) is 3.07. The van der Waals surface area contributed by atoms with Crippen LogP contribution < -0.4 is 9.47 Å². The monoisotopic (exact) mass is 362 g/mol. The Labute approximate surface area is 133 Å². The van der Waals surface area contributed by atoms with Crippen LogP contribution in [0.5, 0.6) is 11.5 Å². The summed E-state index contributed by atoms with van der Waals surface area (Å²) >= 11 is 10.1. The van der Waals surface area contributed by atoms with Gasteiger partial charge in [-0.3, -0.25) is 0 Å². The summed E-state index contributed by atoms with van der Waals surface area (Å²) < 4.78 is 16.3. The second-order valence-corrected chi connectivity index (χ2v) is 6.65. The smallest absolute Gasteiger partial charge is 0.162 e. The van der Waals surface area contributed by atoms with Crippen molar-refractivity contribution in [2.24, 2.45) is 0 Å². The molecule has 1 saturated carbocycles. The summed E-state index contributed by atoms with van der Waals surface area (Å²) in [5.74, 6) is 1.34. The Morgan fingerprint density at radius 2 is 1.80 bits per heavy atom. The summed E-state index contributed by atoms with van der Waals surface area (Å²) in [4.78, 5) is 0.134. The first-order valence-corrected chi connectivity index (χ1v) is 7.95. The van der Waals surface area contributed by atoms with Gasteiger partial charge in [-0.1, -0.05) is 27.5 Å². The third-order valence-corrected chi connectivity index (χ3v) is 5.23. The molecule has 1 aliphatic rings. The Balaban J connectivity index is 2.23. The molecular formula is C15H20BrClO3. The normalized spacial score (nSPS) is 18.2. The minimum Gasteiger partial charge on any atom is -0.493 e. The van der Waals surface area contributed by atoms with Gasteiger partial charge in [0.05, 0.1) is 19.8 Å². The first kappa shape index (κ1) is 15.9. The van der Waals surface area contributed by atoms with Crippen LogP contribution in [-0.4, -0.2) is 26.9 Å². The highest BCUT2D eigenvalue weighted by Gasteiger charge is 2.39. The molecule has 2 rings (SSSR count). The van der Waals surface area contributed by atoms with E-state index in [-0.39, 0.29) is 10.4 Å². The van der Waals surface area contributed by atoms with Gasteiger partial charge in [0, 0.05) is 23.0 Å². The molecule has 0 spiro atoms. The summed E-state index contributed by atoms with van der Waals surface area (Å²) in [5.41, 5.74) is 0.998. The number of benzene rings is 1. The van der Waals surface area contributed by atoms with E-state index in [1.165, 1.54) is 6.42 Å². The zero-order valence-corrected chi connectivity index (χ0v) is 14.4. The first-order valence-electron chi connectivity index (χ1n) is 6.66. The summed E-state index contributed by atoms with van der Waals surface area (Å²) in [6, 6.07) is 3.73. The Morgan fingerprint density at radius 3 is 2.25 bits per heavy atom. The van der Waals surface area contributed by atoms with Crippen molar-refractivity contribution in [2.45, 2.75) is 36.1 Å². The van der Waals surface area contributed by atoms with Gasteiger partial charge in [-0.25, -0.2) is 0 Å². The van der Waals surface area contributed by atoms with Crippen molar-refractivity contribution in [1.82, 2.24) is 0 Å². The van der Waals surface area contributed by atoms with Crippen LogP contribution in [0.2, 0.25) is 5.02 Å². The molecule has 0 bridgehead atoms. The van der Waals surface area contributed by atoms with Crippen molar-refractivity contribution in [1.29, 1.82) is 0 Å². The SMILES string of the molecule is COc1cc(Cl)c(C(Br)CC2(OC)CCC2)cc1OC. The molecule has 5 heteroatoms. The maximum absolute atomic E-state index is 6.36. The number of ether oxygens (including phenoxy) is 3. The van der Waals surface area contributed by atoms with E-state index in [4.69, 9.17) is 25.8 Å². The van der Waals surface area contributed by atoms with Gasteiger partial charge in [0.15, 0.2) is 11.5 Å². The minimum atomic E-state index is -0.00927. The number of hydrogen-bond acceptors (Lipinski definition) is 3. The van der Waals surface area contributed by atoms with E-state index in [9.17, 15) is 0 Å². The average Bonchev–Trinajstić information content (AvgIpc) is 2.42. The summed E-state index contributed by atoms with van der Waals surface area (Å²) in [5, 5.41) is 0.676. The van der Waals surface area contributed by atoms with E-state index >= 15 is 0 Å². The van der Waals surface area contributed by atoms with E-state index in [0.717, 1.165) is 24.8 Å². The average molecular weight is 364 g/mol. The summed E-state index contributed by atoms with van der Waals surface area (Å²) in [6.07, 6.45) is 4.35. The molecule has 20 heavy (non-hydrogen) atoms. The van der Waals surface area contributed by atoms with Gasteiger partial charge in [0.2, 0.25) is 0 Å². The van der Waals surface area contributed by atoms with Crippen LogP contribution in [0.4, 0.5) is 0 Å². The molecule has 0 radical (unpaired) electrons. The van der Waals surface area contributed by atoms with E-state index in [0.29, 0.717) is 16.5 Å². The zero-order chi connectivity index (χ0) is 14.8. The number of alkyl halides is 1. The second-order valence-electron chi connectivity index (χ2n) is 5.14. The lowest BCUT2D eigenvalue weighted by Crippen LogP contribution is -2.39. The molecule has 1 aliphatic carbocycles. The standard InChI is InChI=1S/C15H20BrClO3/c1-18-13-7-10(12(17)8-14(13)19-2)11(16)9-15(20-3)5-4-6-15/h7-8,11H,4-6,9H2,1-3H3. The van der Waals surface area contributed by atoms with Crippen LogP contribution in [0.25, 0.3) is 0 Å². The molecule has 0 N–H and O–H groups in total. The van der Waals surface area contributed by atoms with Gasteiger partial charge in [0.1, 0.15) is 0 Å². The van der Waals surface area contributed by atoms with Crippen LogP contribution in [0.3, 0.4) is 0 Å². The molecule has 1 fully saturated rings. The molecule has 0 saturated heterocycles. The Hall–Kier alpha value is -0.450. The number of halogens is 2. The molecule has 1 atom stereocenters. The van der Waals surface area contributed by atoms with Crippen molar-refractivity contribution in [3.63, 3.8) is 0 Å². The van der Waals surface area contributed by atoms with Crippen molar-refractivity contribution < 1.29 is 14.2 Å². The van der Waals surface area contributed by atoms with E-state index < -0.39 is 0 Å². The topological polar surface area (TPSA) is 27.7 Å². The fourth-order valence-corrected chi connectivity index (χ4v) is 4.00. The van der Waals surface area contributed by atoms with Crippen LogP contribution in [0.15, 0.2) is 12.1 Å². The van der Waals surface area contributed by atoms with Crippen molar-refractivity contribution in [3.8, 4) is 11.5 Å². The number of rotatable bonds is 6. The minimum absolute atomic E-state index is 0.00927. The van der Waals surface area contributed by atoms with Gasteiger partial charge < -0.3 is 14.2 Å². The maximum atomic E-state index is 6.36. The Kier molecular flexibility index (Phi) is 5.21. The lowest BCUT2D eigenvalue weighted by Gasteiger charge is -2.42. The van der Waals surface area contributed by atoms with Gasteiger partial charge in [-0.05, 0) is 37.3 Å². The molecule has 1 aromatic rings. The Bertz CT molecular complexity index is 469. The van der Waals surface area contributed by atoms with E-state index in [1.807, 2.05) is 6.07 Å². The molecular weight excluding hydrogens is 344 g/mol. The number of methoxy groups -OCH3 is 3. The lowest BCUT2D eigenvalue weighted by atomic mass is 9.76. The highest BCUT2D eigenvalue weighted by molar-refractivity contribution is 9.09. The summed E-state index contributed by atoms with van der Waals surface area (Å²) in [6.45, 7) is 0. The second kappa shape index (κ2) is 6.54. The molecule has 3 nitrogen and oxygen atoms in total. The van der Waals surface area contributed by atoms with E-state index in [1.54, 1.807) is 27.4 Å². The van der Waals surface area contributed by atoms with Crippen LogP contribution in [0, 0.1) is 0 Å². The van der Waals surface area contributed by atoms with Crippen molar-refractivity contribution in [2.75, 3.05) is 21.3 Å². The molecule has 1 aromatic carbocycles. The van der Waals surface area contributed by atoms with Crippen LogP contribution >= 0.6 is 27.5 Å². The maximum Gasteiger partial charge on any atom is 0.162 e. The molecule has 0 aliphatic heterocycles. The third-order valence-electron chi connectivity index (χ3n) is 4.09. The molecule has 0 aromatic heterocycles.